The maximum atomic E-state index is 8.51. The summed E-state index contributed by atoms with van der Waals surface area (Å²) < 4.78 is 4.18. The van der Waals surface area contributed by atoms with Gasteiger partial charge in [-0.05, 0) is 13.0 Å². The molecule has 0 bridgehead atoms. The van der Waals surface area contributed by atoms with Crippen LogP contribution in [0.3, 0.4) is 0 Å². The minimum absolute atomic E-state index is 0.221. The monoisotopic (exact) mass is 184 g/mol. The first-order valence-corrected chi connectivity index (χ1v) is 4.65. The van der Waals surface area contributed by atoms with Crippen molar-refractivity contribution < 1.29 is 9.67 Å². The Morgan fingerprint density at radius 3 is 2.92 bits per heavy atom. The molecule has 0 unspecified atom stereocenters. The summed E-state index contributed by atoms with van der Waals surface area (Å²) in [5, 5.41) is 11.7. The molecule has 0 amide bonds. The van der Waals surface area contributed by atoms with Crippen molar-refractivity contribution >= 4 is 0 Å². The molecule has 0 spiro atoms. The third-order valence-corrected chi connectivity index (χ3v) is 1.88. The largest absolute Gasteiger partial charge is 0.395 e. The van der Waals surface area contributed by atoms with Gasteiger partial charge in [0.2, 0.25) is 6.33 Å². The molecule has 0 saturated heterocycles. The molecular weight excluding hydrogens is 166 g/mol. The van der Waals surface area contributed by atoms with Crippen LogP contribution in [0.4, 0.5) is 0 Å². The first-order valence-electron chi connectivity index (χ1n) is 4.65. The number of rotatable bonds is 6. The van der Waals surface area contributed by atoms with E-state index in [-0.39, 0.29) is 6.61 Å². The summed E-state index contributed by atoms with van der Waals surface area (Å²) in [6.45, 7) is 2.90. The van der Waals surface area contributed by atoms with Gasteiger partial charge in [-0.2, -0.15) is 0 Å². The van der Waals surface area contributed by atoms with Crippen molar-refractivity contribution in [3.05, 3.63) is 18.7 Å². The average Bonchev–Trinajstić information content (AvgIpc) is 2.51. The molecule has 0 aliphatic heterocycles. The maximum Gasteiger partial charge on any atom is 0.243 e. The lowest BCUT2D eigenvalue weighted by atomic mass is 10.4. The van der Waals surface area contributed by atoms with Crippen molar-refractivity contribution in [2.75, 3.05) is 19.7 Å². The standard InChI is InChI=1S/C9H18N3O/c1-11-6-7-12(9-11)5-2-3-10-4-8-13/h6-7,9-10,13H,2-5,8H2,1H3/q+1. The van der Waals surface area contributed by atoms with E-state index >= 15 is 0 Å². The molecule has 4 heteroatoms. The third kappa shape index (κ3) is 4.05. The first-order chi connectivity index (χ1) is 6.33. The number of nitrogens with one attached hydrogen (secondary N) is 1. The summed E-state index contributed by atoms with van der Waals surface area (Å²) in [6, 6.07) is 0. The van der Waals surface area contributed by atoms with Crippen molar-refractivity contribution in [3.8, 4) is 0 Å². The highest BCUT2D eigenvalue weighted by atomic mass is 16.3. The SMILES string of the molecule is C[n+]1ccn(CCCNCCO)c1. The van der Waals surface area contributed by atoms with Crippen LogP contribution in [0.1, 0.15) is 6.42 Å². The zero-order valence-corrected chi connectivity index (χ0v) is 8.11. The Hall–Kier alpha value is -0.870. The van der Waals surface area contributed by atoms with Gasteiger partial charge in [-0.25, -0.2) is 9.13 Å². The molecule has 0 aromatic carbocycles. The topological polar surface area (TPSA) is 41.1 Å². The Kier molecular flexibility index (Phi) is 4.49. The number of imidazole rings is 1. The lowest BCUT2D eigenvalue weighted by Gasteiger charge is -1.99. The normalized spacial score (nSPS) is 10.6. The van der Waals surface area contributed by atoms with Crippen LogP contribution in [0.15, 0.2) is 18.7 Å². The van der Waals surface area contributed by atoms with Gasteiger partial charge in [-0.15, -0.1) is 0 Å². The minimum Gasteiger partial charge on any atom is -0.395 e. The van der Waals surface area contributed by atoms with Crippen LogP contribution in [0, 0.1) is 0 Å². The number of aromatic nitrogens is 2. The fraction of sp³-hybridized carbons (Fsp3) is 0.667. The van der Waals surface area contributed by atoms with E-state index in [2.05, 4.69) is 22.4 Å². The van der Waals surface area contributed by atoms with Gasteiger partial charge in [0.15, 0.2) is 0 Å². The predicted octanol–water partition coefficient (Wildman–Crippen LogP) is -0.715. The summed E-state index contributed by atoms with van der Waals surface area (Å²) in [6.07, 6.45) is 7.24. The van der Waals surface area contributed by atoms with Gasteiger partial charge in [0, 0.05) is 6.54 Å². The van der Waals surface area contributed by atoms with Crippen LogP contribution >= 0.6 is 0 Å². The maximum absolute atomic E-state index is 8.51. The molecule has 0 fully saturated rings. The Morgan fingerprint density at radius 1 is 1.46 bits per heavy atom. The van der Waals surface area contributed by atoms with Crippen molar-refractivity contribution in [2.45, 2.75) is 13.0 Å². The molecule has 0 aliphatic rings. The Bertz CT molecular complexity index is 235. The van der Waals surface area contributed by atoms with Crippen LogP contribution in [0.5, 0.6) is 0 Å². The van der Waals surface area contributed by atoms with E-state index in [1.165, 1.54) is 0 Å². The average molecular weight is 184 g/mol. The molecule has 0 radical (unpaired) electrons. The Morgan fingerprint density at radius 2 is 2.31 bits per heavy atom. The Labute approximate surface area is 78.8 Å². The molecule has 1 aromatic rings. The van der Waals surface area contributed by atoms with E-state index < -0.39 is 0 Å². The highest BCUT2D eigenvalue weighted by Gasteiger charge is 1.98. The van der Waals surface area contributed by atoms with Gasteiger partial charge in [0.1, 0.15) is 12.4 Å². The molecule has 13 heavy (non-hydrogen) atoms. The molecule has 1 heterocycles. The zero-order chi connectivity index (χ0) is 9.52. The summed E-state index contributed by atoms with van der Waals surface area (Å²) in [4.78, 5) is 0. The molecule has 1 rings (SSSR count). The van der Waals surface area contributed by atoms with Crippen LogP contribution in [0.25, 0.3) is 0 Å². The van der Waals surface area contributed by atoms with Crippen LogP contribution in [-0.2, 0) is 13.6 Å². The number of nitrogens with zero attached hydrogens (tertiary/aromatic N) is 2. The van der Waals surface area contributed by atoms with Crippen molar-refractivity contribution in [1.29, 1.82) is 0 Å². The van der Waals surface area contributed by atoms with Crippen molar-refractivity contribution in [3.63, 3.8) is 0 Å². The highest BCUT2D eigenvalue weighted by molar-refractivity contribution is 4.65. The van der Waals surface area contributed by atoms with E-state index in [9.17, 15) is 0 Å². The summed E-state index contributed by atoms with van der Waals surface area (Å²) in [7, 11) is 2.01. The van der Waals surface area contributed by atoms with Gasteiger partial charge >= 0.3 is 0 Å². The van der Waals surface area contributed by atoms with Gasteiger partial charge in [-0.1, -0.05) is 0 Å². The molecule has 1 aromatic heterocycles. The third-order valence-electron chi connectivity index (χ3n) is 1.88. The van der Waals surface area contributed by atoms with Gasteiger partial charge < -0.3 is 10.4 Å². The minimum atomic E-state index is 0.221. The molecule has 0 aliphatic carbocycles. The number of hydrogen-bond donors (Lipinski definition) is 2. The number of aliphatic hydroxyl groups excluding tert-OH is 1. The Balaban J connectivity index is 2.06. The smallest absolute Gasteiger partial charge is 0.243 e. The van der Waals surface area contributed by atoms with Crippen molar-refractivity contribution in [1.82, 2.24) is 9.88 Å². The fourth-order valence-electron chi connectivity index (χ4n) is 1.22. The second-order valence-electron chi connectivity index (χ2n) is 3.14. The summed E-state index contributed by atoms with van der Waals surface area (Å²) in [5.74, 6) is 0. The van der Waals surface area contributed by atoms with E-state index in [0.29, 0.717) is 6.54 Å². The fourth-order valence-corrected chi connectivity index (χ4v) is 1.22. The molecule has 0 saturated carbocycles. The predicted molar refractivity (Wildman–Crippen MR) is 50.2 cm³/mol. The molecular formula is C9H18N3O+. The van der Waals surface area contributed by atoms with E-state index in [1.54, 1.807) is 0 Å². The lowest BCUT2D eigenvalue weighted by molar-refractivity contribution is -0.671. The first kappa shape index (κ1) is 10.2. The van der Waals surface area contributed by atoms with Gasteiger partial charge in [0.05, 0.1) is 20.2 Å². The number of aliphatic hydroxyl groups is 1. The van der Waals surface area contributed by atoms with Crippen LogP contribution in [0.2, 0.25) is 0 Å². The molecule has 4 nitrogen and oxygen atoms in total. The quantitative estimate of drug-likeness (QED) is 0.453. The number of hydrogen-bond acceptors (Lipinski definition) is 2. The lowest BCUT2D eigenvalue weighted by Crippen LogP contribution is -2.24. The van der Waals surface area contributed by atoms with Crippen LogP contribution in [-0.4, -0.2) is 29.4 Å². The zero-order valence-electron chi connectivity index (χ0n) is 8.11. The summed E-state index contributed by atoms with van der Waals surface area (Å²) in [5.41, 5.74) is 0. The second kappa shape index (κ2) is 5.72. The van der Waals surface area contributed by atoms with E-state index in [1.807, 2.05) is 17.8 Å². The molecule has 2 N–H and O–H groups in total. The van der Waals surface area contributed by atoms with Crippen molar-refractivity contribution in [2.24, 2.45) is 7.05 Å². The second-order valence-corrected chi connectivity index (χ2v) is 3.14. The van der Waals surface area contributed by atoms with E-state index in [4.69, 9.17) is 5.11 Å². The van der Waals surface area contributed by atoms with Gasteiger partial charge in [0.25, 0.3) is 0 Å². The highest BCUT2D eigenvalue weighted by Crippen LogP contribution is 1.87. The van der Waals surface area contributed by atoms with Gasteiger partial charge in [-0.3, -0.25) is 0 Å². The van der Waals surface area contributed by atoms with E-state index in [0.717, 1.165) is 19.5 Å². The molecule has 74 valence electrons. The molecule has 0 atom stereocenters. The summed E-state index contributed by atoms with van der Waals surface area (Å²) >= 11 is 0. The van der Waals surface area contributed by atoms with Crippen LogP contribution < -0.4 is 9.88 Å². The number of aryl methyl sites for hydroxylation is 2.